The molecule has 1 fully saturated rings. The smallest absolute Gasteiger partial charge is 0.119 e. The highest BCUT2D eigenvalue weighted by Gasteiger charge is 2.30. The molecule has 4 heteroatoms. The maximum atomic E-state index is 10.4. The van der Waals surface area contributed by atoms with Crippen molar-refractivity contribution in [1.82, 2.24) is 9.55 Å². The number of benzene rings is 2. The summed E-state index contributed by atoms with van der Waals surface area (Å²) in [6.45, 7) is 0.791. The van der Waals surface area contributed by atoms with Gasteiger partial charge in [-0.3, -0.25) is 0 Å². The van der Waals surface area contributed by atoms with Crippen molar-refractivity contribution in [3.63, 3.8) is 0 Å². The molecule has 4 rings (SSSR count). The van der Waals surface area contributed by atoms with Crippen LogP contribution < -0.4 is 4.74 Å². The van der Waals surface area contributed by atoms with Crippen molar-refractivity contribution >= 4 is 11.0 Å². The molecule has 0 bridgehead atoms. The standard InChI is InChI=1S/C19H20N2O2/c22-15(13-23-16-6-2-1-3-7-16)12-21-18-9-5-4-8-17(18)20-19(21)14-10-11-14/h1-9,14-15,22H,10-13H2/t15-/m1/s1. The van der Waals surface area contributed by atoms with E-state index in [1.54, 1.807) is 0 Å². The van der Waals surface area contributed by atoms with Crippen LogP contribution >= 0.6 is 0 Å². The van der Waals surface area contributed by atoms with Gasteiger partial charge in [0.1, 0.15) is 24.3 Å². The van der Waals surface area contributed by atoms with Crippen LogP contribution in [0.5, 0.6) is 5.75 Å². The van der Waals surface area contributed by atoms with Crippen LogP contribution in [-0.4, -0.2) is 27.4 Å². The molecule has 1 heterocycles. The van der Waals surface area contributed by atoms with E-state index in [9.17, 15) is 5.11 Å². The Morgan fingerprint density at radius 1 is 1.09 bits per heavy atom. The molecular weight excluding hydrogens is 288 g/mol. The molecule has 0 amide bonds. The van der Waals surface area contributed by atoms with Crippen LogP contribution in [0.2, 0.25) is 0 Å². The molecule has 0 spiro atoms. The van der Waals surface area contributed by atoms with Crippen molar-refractivity contribution in [2.45, 2.75) is 31.4 Å². The zero-order chi connectivity index (χ0) is 15.6. The molecule has 1 N–H and O–H groups in total. The first-order valence-corrected chi connectivity index (χ1v) is 8.12. The molecule has 0 saturated heterocycles. The number of aromatic nitrogens is 2. The van der Waals surface area contributed by atoms with E-state index >= 15 is 0 Å². The third-order valence-corrected chi connectivity index (χ3v) is 4.21. The van der Waals surface area contributed by atoms with Gasteiger partial charge in [0.15, 0.2) is 0 Å². The summed E-state index contributed by atoms with van der Waals surface area (Å²) in [7, 11) is 0. The lowest BCUT2D eigenvalue weighted by molar-refractivity contribution is 0.0927. The summed E-state index contributed by atoms with van der Waals surface area (Å²) in [5.74, 6) is 2.43. The van der Waals surface area contributed by atoms with Crippen LogP contribution in [0.1, 0.15) is 24.6 Å². The number of para-hydroxylation sites is 3. The van der Waals surface area contributed by atoms with Gasteiger partial charge in [0, 0.05) is 5.92 Å². The summed E-state index contributed by atoms with van der Waals surface area (Å²) in [4.78, 5) is 4.76. The van der Waals surface area contributed by atoms with Gasteiger partial charge in [-0.05, 0) is 37.1 Å². The SMILES string of the molecule is O[C@@H](COc1ccccc1)Cn1c(C2CC2)nc2ccccc21. The van der Waals surface area contributed by atoms with Crippen LogP contribution in [0.25, 0.3) is 11.0 Å². The second-order valence-electron chi connectivity index (χ2n) is 6.12. The van der Waals surface area contributed by atoms with Gasteiger partial charge < -0.3 is 14.4 Å². The summed E-state index contributed by atoms with van der Waals surface area (Å²) >= 11 is 0. The number of imidazole rings is 1. The molecule has 1 atom stereocenters. The van der Waals surface area contributed by atoms with Gasteiger partial charge in [0.25, 0.3) is 0 Å². The van der Waals surface area contributed by atoms with E-state index in [4.69, 9.17) is 9.72 Å². The number of rotatable bonds is 6. The quantitative estimate of drug-likeness (QED) is 0.759. The van der Waals surface area contributed by atoms with Crippen LogP contribution in [0.3, 0.4) is 0 Å². The molecule has 118 valence electrons. The molecule has 1 aromatic heterocycles. The number of nitrogens with zero attached hydrogens (tertiary/aromatic N) is 2. The highest BCUT2D eigenvalue weighted by atomic mass is 16.5. The number of hydrogen-bond donors (Lipinski definition) is 1. The minimum atomic E-state index is -0.565. The number of aliphatic hydroxyl groups excluding tert-OH is 1. The molecule has 0 aliphatic heterocycles. The molecule has 2 aromatic carbocycles. The molecule has 1 aliphatic carbocycles. The topological polar surface area (TPSA) is 47.3 Å². The molecule has 23 heavy (non-hydrogen) atoms. The average Bonchev–Trinajstić information content (AvgIpc) is 3.37. The molecule has 0 unspecified atom stereocenters. The zero-order valence-electron chi connectivity index (χ0n) is 12.9. The van der Waals surface area contributed by atoms with Gasteiger partial charge in [-0.1, -0.05) is 30.3 Å². The van der Waals surface area contributed by atoms with Crippen LogP contribution in [-0.2, 0) is 6.54 Å². The lowest BCUT2D eigenvalue weighted by atomic mass is 10.3. The van der Waals surface area contributed by atoms with Crippen LogP contribution in [0.15, 0.2) is 54.6 Å². The zero-order valence-corrected chi connectivity index (χ0v) is 12.9. The first kappa shape index (κ1) is 14.3. The third kappa shape index (κ3) is 3.08. The van der Waals surface area contributed by atoms with Gasteiger partial charge >= 0.3 is 0 Å². The largest absolute Gasteiger partial charge is 0.491 e. The molecule has 1 saturated carbocycles. The number of fused-ring (bicyclic) bond motifs is 1. The van der Waals surface area contributed by atoms with E-state index in [-0.39, 0.29) is 6.61 Å². The van der Waals surface area contributed by atoms with E-state index in [0.717, 1.165) is 22.6 Å². The summed E-state index contributed by atoms with van der Waals surface area (Å²) in [5.41, 5.74) is 2.10. The third-order valence-electron chi connectivity index (χ3n) is 4.21. The number of ether oxygens (including phenoxy) is 1. The summed E-state index contributed by atoms with van der Waals surface area (Å²) in [6, 6.07) is 17.7. The Kier molecular flexibility index (Phi) is 3.75. The Morgan fingerprint density at radius 2 is 1.83 bits per heavy atom. The maximum Gasteiger partial charge on any atom is 0.119 e. The molecule has 4 nitrogen and oxygen atoms in total. The maximum absolute atomic E-state index is 10.4. The van der Waals surface area contributed by atoms with Crippen LogP contribution in [0.4, 0.5) is 0 Å². The Balaban J connectivity index is 1.51. The van der Waals surface area contributed by atoms with Crippen molar-refractivity contribution < 1.29 is 9.84 Å². The summed E-state index contributed by atoms with van der Waals surface area (Å²) in [6.07, 6.45) is 1.82. The number of hydrogen-bond acceptors (Lipinski definition) is 3. The Bertz CT molecular complexity index is 793. The van der Waals surface area contributed by atoms with E-state index in [1.165, 1.54) is 12.8 Å². The Hall–Kier alpha value is -2.33. The molecular formula is C19H20N2O2. The minimum Gasteiger partial charge on any atom is -0.491 e. The minimum absolute atomic E-state index is 0.278. The normalized spacial score (nSPS) is 15.7. The molecule has 0 radical (unpaired) electrons. The Labute approximate surface area is 135 Å². The second kappa shape index (κ2) is 6.05. The lowest BCUT2D eigenvalue weighted by Crippen LogP contribution is -2.24. The summed E-state index contributed by atoms with van der Waals surface area (Å²) < 4.78 is 7.82. The van der Waals surface area contributed by atoms with Gasteiger partial charge in [0.05, 0.1) is 17.6 Å². The van der Waals surface area contributed by atoms with Crippen LogP contribution in [0, 0.1) is 0 Å². The average molecular weight is 308 g/mol. The van der Waals surface area contributed by atoms with E-state index in [0.29, 0.717) is 12.5 Å². The van der Waals surface area contributed by atoms with Crippen molar-refractivity contribution in [2.75, 3.05) is 6.61 Å². The highest BCUT2D eigenvalue weighted by Crippen LogP contribution is 2.40. The van der Waals surface area contributed by atoms with E-state index in [1.807, 2.05) is 48.5 Å². The van der Waals surface area contributed by atoms with E-state index in [2.05, 4.69) is 10.6 Å². The first-order chi connectivity index (χ1) is 11.3. The predicted octanol–water partition coefficient (Wildman–Crippen LogP) is 3.35. The van der Waals surface area contributed by atoms with E-state index < -0.39 is 6.10 Å². The predicted molar refractivity (Wildman–Crippen MR) is 89.7 cm³/mol. The van der Waals surface area contributed by atoms with Crippen molar-refractivity contribution in [2.24, 2.45) is 0 Å². The monoisotopic (exact) mass is 308 g/mol. The second-order valence-corrected chi connectivity index (χ2v) is 6.12. The lowest BCUT2D eigenvalue weighted by Gasteiger charge is -2.15. The van der Waals surface area contributed by atoms with Gasteiger partial charge in [-0.25, -0.2) is 4.98 Å². The fourth-order valence-electron chi connectivity index (χ4n) is 2.91. The molecule has 3 aromatic rings. The van der Waals surface area contributed by atoms with Crippen molar-refractivity contribution in [3.8, 4) is 5.75 Å². The van der Waals surface area contributed by atoms with Gasteiger partial charge in [0.2, 0.25) is 0 Å². The highest BCUT2D eigenvalue weighted by molar-refractivity contribution is 5.76. The molecule has 1 aliphatic rings. The summed E-state index contributed by atoms with van der Waals surface area (Å²) in [5, 5.41) is 10.4. The van der Waals surface area contributed by atoms with Crippen molar-refractivity contribution in [1.29, 1.82) is 0 Å². The number of aliphatic hydroxyl groups is 1. The van der Waals surface area contributed by atoms with Crippen molar-refractivity contribution in [3.05, 3.63) is 60.4 Å². The van der Waals surface area contributed by atoms with Gasteiger partial charge in [-0.2, -0.15) is 0 Å². The Morgan fingerprint density at radius 3 is 2.61 bits per heavy atom. The first-order valence-electron chi connectivity index (χ1n) is 8.12. The fourth-order valence-corrected chi connectivity index (χ4v) is 2.91. The van der Waals surface area contributed by atoms with Gasteiger partial charge in [-0.15, -0.1) is 0 Å². The fraction of sp³-hybridized carbons (Fsp3) is 0.316.